The van der Waals surface area contributed by atoms with Crippen molar-refractivity contribution < 1.29 is 9.53 Å². The number of amides is 1. The number of carbonyl (C=O) groups is 1. The number of guanidine groups is 1. The first-order chi connectivity index (χ1) is 14.6. The maximum atomic E-state index is 12.7. The number of carbonyl (C=O) groups excluding carboxylic acids is 1. The molecule has 3 saturated heterocycles. The van der Waals surface area contributed by atoms with Crippen LogP contribution in [0.2, 0.25) is 0 Å². The molecule has 0 spiro atoms. The van der Waals surface area contributed by atoms with E-state index in [-0.39, 0.29) is 18.2 Å². The van der Waals surface area contributed by atoms with E-state index in [0.29, 0.717) is 12.0 Å². The van der Waals surface area contributed by atoms with Gasteiger partial charge in [0.25, 0.3) is 0 Å². The first-order valence-electron chi connectivity index (χ1n) is 12.4. The van der Waals surface area contributed by atoms with Gasteiger partial charge >= 0.3 is 6.09 Å². The monoisotopic (exact) mass is 435 g/mol. The van der Waals surface area contributed by atoms with E-state index in [9.17, 15) is 4.79 Å². The number of rotatable bonds is 5. The van der Waals surface area contributed by atoms with Crippen LogP contribution in [0.4, 0.5) is 4.79 Å². The average Bonchev–Trinajstić information content (AvgIpc) is 2.94. The summed E-state index contributed by atoms with van der Waals surface area (Å²) in [6.07, 6.45) is 6.49. The quantitative estimate of drug-likeness (QED) is 0.511. The van der Waals surface area contributed by atoms with E-state index in [1.54, 1.807) is 0 Å². The zero-order valence-corrected chi connectivity index (χ0v) is 20.6. The summed E-state index contributed by atoms with van der Waals surface area (Å²) in [4.78, 5) is 21.8. The molecule has 0 aromatic carbocycles. The van der Waals surface area contributed by atoms with Crippen molar-refractivity contribution in [2.45, 2.75) is 96.9 Å². The molecule has 3 aliphatic heterocycles. The molecule has 3 unspecified atom stereocenters. The highest BCUT2D eigenvalue weighted by molar-refractivity contribution is 5.80. The van der Waals surface area contributed by atoms with Crippen molar-refractivity contribution in [3.05, 3.63) is 0 Å². The second kappa shape index (κ2) is 10.4. The maximum absolute atomic E-state index is 12.7. The summed E-state index contributed by atoms with van der Waals surface area (Å²) in [7, 11) is 1.85. The Morgan fingerprint density at radius 2 is 1.84 bits per heavy atom. The molecule has 3 atom stereocenters. The molecular formula is C24H45N5O2. The van der Waals surface area contributed by atoms with Crippen molar-refractivity contribution in [1.82, 2.24) is 20.4 Å². The van der Waals surface area contributed by atoms with Gasteiger partial charge in [-0.2, -0.15) is 0 Å². The number of likely N-dealkylation sites (tertiary alicyclic amines) is 1. The molecule has 2 bridgehead atoms. The first-order valence-corrected chi connectivity index (χ1v) is 12.4. The van der Waals surface area contributed by atoms with Gasteiger partial charge in [0, 0.05) is 44.8 Å². The molecule has 3 aliphatic rings. The molecule has 7 nitrogen and oxygen atoms in total. The fraction of sp³-hybridized carbons (Fsp3) is 0.917. The minimum absolute atomic E-state index is 0.149. The molecule has 0 aromatic rings. The lowest BCUT2D eigenvalue weighted by Gasteiger charge is -2.40. The summed E-state index contributed by atoms with van der Waals surface area (Å²) in [5.41, 5.74) is -0.443. The van der Waals surface area contributed by atoms with Gasteiger partial charge in [0.2, 0.25) is 0 Å². The van der Waals surface area contributed by atoms with E-state index < -0.39 is 5.60 Å². The number of aliphatic imine (C=N–C) groups is 1. The molecule has 0 radical (unpaired) electrons. The molecule has 3 heterocycles. The maximum Gasteiger partial charge on any atom is 0.410 e. The van der Waals surface area contributed by atoms with Gasteiger partial charge in [0.15, 0.2) is 5.96 Å². The van der Waals surface area contributed by atoms with Crippen molar-refractivity contribution in [2.75, 3.05) is 33.2 Å². The van der Waals surface area contributed by atoms with Crippen LogP contribution in [0.1, 0.15) is 73.1 Å². The van der Waals surface area contributed by atoms with E-state index in [1.807, 2.05) is 32.7 Å². The van der Waals surface area contributed by atoms with Crippen LogP contribution >= 0.6 is 0 Å². The number of piperidine rings is 2. The van der Waals surface area contributed by atoms with Gasteiger partial charge in [0.05, 0.1) is 0 Å². The van der Waals surface area contributed by atoms with Crippen LogP contribution in [0.25, 0.3) is 0 Å². The van der Waals surface area contributed by atoms with Crippen molar-refractivity contribution in [3.8, 4) is 0 Å². The van der Waals surface area contributed by atoms with Gasteiger partial charge in [-0.15, -0.1) is 0 Å². The fourth-order valence-corrected chi connectivity index (χ4v) is 5.54. The molecule has 178 valence electrons. The van der Waals surface area contributed by atoms with Gasteiger partial charge in [-0.1, -0.05) is 13.8 Å². The topological polar surface area (TPSA) is 69.2 Å². The molecule has 31 heavy (non-hydrogen) atoms. The summed E-state index contributed by atoms with van der Waals surface area (Å²) in [5, 5.41) is 7.23. The zero-order chi connectivity index (χ0) is 22.6. The zero-order valence-electron chi connectivity index (χ0n) is 20.6. The van der Waals surface area contributed by atoms with Crippen molar-refractivity contribution >= 4 is 12.1 Å². The van der Waals surface area contributed by atoms with E-state index in [1.165, 1.54) is 32.5 Å². The summed E-state index contributed by atoms with van der Waals surface area (Å²) in [6.45, 7) is 15.0. The van der Waals surface area contributed by atoms with Gasteiger partial charge in [0.1, 0.15) is 5.60 Å². The number of nitrogens with zero attached hydrogens (tertiary/aromatic N) is 3. The van der Waals surface area contributed by atoms with E-state index >= 15 is 0 Å². The van der Waals surface area contributed by atoms with Crippen molar-refractivity contribution in [1.29, 1.82) is 0 Å². The number of ether oxygens (including phenoxy) is 1. The third kappa shape index (κ3) is 6.99. The predicted molar refractivity (Wildman–Crippen MR) is 126 cm³/mol. The highest BCUT2D eigenvalue weighted by atomic mass is 16.6. The fourth-order valence-electron chi connectivity index (χ4n) is 5.54. The van der Waals surface area contributed by atoms with Crippen molar-refractivity contribution in [2.24, 2.45) is 16.8 Å². The normalized spacial score (nSPS) is 29.9. The van der Waals surface area contributed by atoms with Crippen molar-refractivity contribution in [3.63, 3.8) is 0 Å². The first kappa shape index (κ1) is 24.1. The van der Waals surface area contributed by atoms with Gasteiger partial charge in [-0.05, 0) is 77.7 Å². The van der Waals surface area contributed by atoms with Crippen LogP contribution in [-0.2, 0) is 4.74 Å². The molecule has 0 aliphatic carbocycles. The second-order valence-corrected chi connectivity index (χ2v) is 11.2. The van der Waals surface area contributed by atoms with Crippen LogP contribution in [0.15, 0.2) is 4.99 Å². The highest BCUT2D eigenvalue weighted by Crippen LogP contribution is 2.36. The van der Waals surface area contributed by atoms with E-state index in [2.05, 4.69) is 34.4 Å². The average molecular weight is 436 g/mol. The number of hydrogen-bond acceptors (Lipinski definition) is 4. The lowest BCUT2D eigenvalue weighted by Crippen LogP contribution is -2.55. The van der Waals surface area contributed by atoms with Crippen LogP contribution in [-0.4, -0.2) is 78.8 Å². The number of fused-ring (bicyclic) bond motifs is 2. The SMILES string of the molecule is CN=C(NCC1CCCN(CC(C)C)C1)NC1CC2CCC(C1)N2C(=O)OC(C)(C)C. The largest absolute Gasteiger partial charge is 0.444 e. The highest BCUT2D eigenvalue weighted by Gasteiger charge is 2.45. The molecule has 7 heteroatoms. The van der Waals surface area contributed by atoms with E-state index in [4.69, 9.17) is 4.74 Å². The Morgan fingerprint density at radius 1 is 1.16 bits per heavy atom. The minimum Gasteiger partial charge on any atom is -0.444 e. The Bertz CT molecular complexity index is 616. The van der Waals surface area contributed by atoms with Crippen LogP contribution in [0.3, 0.4) is 0 Å². The molecule has 0 saturated carbocycles. The molecule has 3 fully saturated rings. The molecule has 0 aromatic heterocycles. The second-order valence-electron chi connectivity index (χ2n) is 11.2. The van der Waals surface area contributed by atoms with Gasteiger partial charge in [-0.3, -0.25) is 4.99 Å². The van der Waals surface area contributed by atoms with Crippen LogP contribution in [0, 0.1) is 11.8 Å². The Labute approximate surface area is 189 Å². The van der Waals surface area contributed by atoms with Crippen LogP contribution in [0.5, 0.6) is 0 Å². The Morgan fingerprint density at radius 3 is 2.42 bits per heavy atom. The summed E-state index contributed by atoms with van der Waals surface area (Å²) in [6, 6.07) is 0.894. The summed E-state index contributed by atoms with van der Waals surface area (Å²) in [5.74, 6) is 2.30. The third-order valence-corrected chi connectivity index (χ3v) is 6.69. The number of nitrogens with one attached hydrogen (secondary N) is 2. The summed E-state index contributed by atoms with van der Waals surface area (Å²) < 4.78 is 5.66. The molecule has 3 rings (SSSR count). The van der Waals surface area contributed by atoms with Gasteiger partial charge in [-0.25, -0.2) is 4.79 Å². The lowest BCUT2D eigenvalue weighted by atomic mass is 9.97. The van der Waals surface area contributed by atoms with Crippen LogP contribution < -0.4 is 10.6 Å². The van der Waals surface area contributed by atoms with E-state index in [0.717, 1.165) is 44.1 Å². The summed E-state index contributed by atoms with van der Waals surface area (Å²) >= 11 is 0. The third-order valence-electron chi connectivity index (χ3n) is 6.69. The molecule has 1 amide bonds. The molecular weight excluding hydrogens is 390 g/mol. The standard InChI is InChI=1S/C24H45N5O2/c1-17(2)15-28-11-7-8-18(16-28)14-26-22(25-6)27-19-12-20-9-10-21(13-19)29(20)23(30)31-24(3,4)5/h17-21H,7-16H2,1-6H3,(H2,25,26,27). The Kier molecular flexibility index (Phi) is 8.11. The molecule has 2 N–H and O–H groups in total. The van der Waals surface area contributed by atoms with Gasteiger partial charge < -0.3 is 25.2 Å². The Balaban J connectivity index is 1.46. The smallest absolute Gasteiger partial charge is 0.410 e. The minimum atomic E-state index is -0.443. The Hall–Kier alpha value is -1.50. The number of hydrogen-bond donors (Lipinski definition) is 2. The predicted octanol–water partition coefficient (Wildman–Crippen LogP) is 3.45. The lowest BCUT2D eigenvalue weighted by molar-refractivity contribution is 0.00544.